The van der Waals surface area contributed by atoms with Crippen LogP contribution in [0, 0.1) is 0 Å². The molecule has 1 rings (SSSR count). The molecule has 1 aromatic carbocycles. The summed E-state index contributed by atoms with van der Waals surface area (Å²) in [4.78, 5) is 13.5. The molecule has 2 amide bonds. The highest BCUT2D eigenvalue weighted by molar-refractivity contribution is 5.73. The first-order valence-corrected chi connectivity index (χ1v) is 6.50. The number of likely N-dealkylation sites (N-methyl/N-ethyl adjacent to an activating group) is 1. The van der Waals surface area contributed by atoms with Crippen LogP contribution in [0.1, 0.15) is 12.5 Å². The van der Waals surface area contributed by atoms with Crippen LogP contribution in [0.25, 0.3) is 0 Å². The van der Waals surface area contributed by atoms with E-state index in [-0.39, 0.29) is 6.03 Å². The lowest BCUT2D eigenvalue weighted by atomic mass is 10.2. The van der Waals surface area contributed by atoms with Gasteiger partial charge in [-0.2, -0.15) is 0 Å². The first-order chi connectivity index (χ1) is 9.11. The maximum atomic E-state index is 11.5. The Bertz CT molecular complexity index is 377. The summed E-state index contributed by atoms with van der Waals surface area (Å²) in [7, 11) is 3.94. The molecule has 0 saturated heterocycles. The fraction of sp³-hybridized carbons (Fsp3) is 0.500. The van der Waals surface area contributed by atoms with Crippen molar-refractivity contribution in [3.8, 4) is 5.75 Å². The Balaban J connectivity index is 2.25. The molecule has 106 valence electrons. The fourth-order valence-electron chi connectivity index (χ4n) is 1.51. The molecule has 0 fully saturated rings. The Kier molecular flexibility index (Phi) is 6.74. The smallest absolute Gasteiger partial charge is 0.315 e. The molecular formula is C14H23N3O2. The lowest BCUT2D eigenvalue weighted by Crippen LogP contribution is -2.38. The standard InChI is InChI=1S/C14H23N3O2/c1-4-19-13-7-5-12(6-8-13)11-16-14(18)15-9-10-17(2)3/h5-8H,4,9-11H2,1-3H3,(H2,15,16,18). The van der Waals surface area contributed by atoms with Gasteiger partial charge in [0.15, 0.2) is 0 Å². The average molecular weight is 265 g/mol. The van der Waals surface area contributed by atoms with Gasteiger partial charge >= 0.3 is 6.03 Å². The summed E-state index contributed by atoms with van der Waals surface area (Å²) in [6.07, 6.45) is 0. The third kappa shape index (κ3) is 6.67. The monoisotopic (exact) mass is 265 g/mol. The van der Waals surface area contributed by atoms with Crippen LogP contribution >= 0.6 is 0 Å². The van der Waals surface area contributed by atoms with Crippen LogP contribution in [0.4, 0.5) is 4.79 Å². The number of carbonyl (C=O) groups excluding carboxylic acids is 1. The summed E-state index contributed by atoms with van der Waals surface area (Å²) >= 11 is 0. The quantitative estimate of drug-likeness (QED) is 0.784. The molecule has 0 aromatic heterocycles. The average Bonchev–Trinajstić information content (AvgIpc) is 2.38. The Morgan fingerprint density at radius 3 is 2.47 bits per heavy atom. The topological polar surface area (TPSA) is 53.6 Å². The van der Waals surface area contributed by atoms with E-state index in [4.69, 9.17) is 4.74 Å². The summed E-state index contributed by atoms with van der Waals surface area (Å²) in [5.41, 5.74) is 1.05. The lowest BCUT2D eigenvalue weighted by molar-refractivity contribution is 0.239. The predicted octanol–water partition coefficient (Wildman–Crippen LogP) is 1.45. The predicted molar refractivity (Wildman–Crippen MR) is 76.4 cm³/mol. The van der Waals surface area contributed by atoms with Crippen molar-refractivity contribution in [2.45, 2.75) is 13.5 Å². The van der Waals surface area contributed by atoms with Crippen LogP contribution in [0.5, 0.6) is 5.75 Å². The maximum absolute atomic E-state index is 11.5. The van der Waals surface area contributed by atoms with E-state index in [0.717, 1.165) is 17.9 Å². The number of rotatable bonds is 7. The number of ether oxygens (including phenoxy) is 1. The Labute approximate surface area is 114 Å². The molecule has 0 spiro atoms. The van der Waals surface area contributed by atoms with Crippen molar-refractivity contribution in [1.29, 1.82) is 0 Å². The zero-order valence-corrected chi connectivity index (χ0v) is 11.9. The molecule has 0 aliphatic rings. The van der Waals surface area contributed by atoms with Gasteiger partial charge in [0.1, 0.15) is 5.75 Å². The second kappa shape index (κ2) is 8.37. The molecule has 5 heteroatoms. The SMILES string of the molecule is CCOc1ccc(CNC(=O)NCCN(C)C)cc1. The van der Waals surface area contributed by atoms with Gasteiger partial charge in [0.05, 0.1) is 6.61 Å². The van der Waals surface area contributed by atoms with E-state index in [0.29, 0.717) is 19.7 Å². The van der Waals surface area contributed by atoms with Crippen LogP contribution < -0.4 is 15.4 Å². The minimum Gasteiger partial charge on any atom is -0.494 e. The van der Waals surface area contributed by atoms with Gasteiger partial charge in [0.25, 0.3) is 0 Å². The van der Waals surface area contributed by atoms with E-state index in [1.807, 2.05) is 50.2 Å². The number of nitrogens with zero attached hydrogens (tertiary/aromatic N) is 1. The minimum atomic E-state index is -0.143. The van der Waals surface area contributed by atoms with Gasteiger partial charge in [-0.3, -0.25) is 0 Å². The van der Waals surface area contributed by atoms with Gasteiger partial charge in [-0.25, -0.2) is 4.79 Å². The van der Waals surface area contributed by atoms with Crippen molar-refractivity contribution in [3.63, 3.8) is 0 Å². The molecule has 0 unspecified atom stereocenters. The molecule has 0 aliphatic carbocycles. The first kappa shape index (κ1) is 15.3. The molecule has 0 bridgehead atoms. The Morgan fingerprint density at radius 2 is 1.89 bits per heavy atom. The zero-order chi connectivity index (χ0) is 14.1. The summed E-state index contributed by atoms with van der Waals surface area (Å²) in [5.74, 6) is 0.849. The van der Waals surface area contributed by atoms with Crippen LogP contribution in [0.3, 0.4) is 0 Å². The number of carbonyl (C=O) groups is 1. The van der Waals surface area contributed by atoms with Crippen molar-refractivity contribution in [2.75, 3.05) is 33.8 Å². The van der Waals surface area contributed by atoms with Gasteiger partial charge < -0.3 is 20.3 Å². The lowest BCUT2D eigenvalue weighted by Gasteiger charge is -2.11. The van der Waals surface area contributed by atoms with Gasteiger partial charge in [-0.05, 0) is 38.7 Å². The molecule has 0 heterocycles. The molecule has 0 aliphatic heterocycles. The van der Waals surface area contributed by atoms with Gasteiger partial charge in [0, 0.05) is 19.6 Å². The van der Waals surface area contributed by atoms with Gasteiger partial charge in [-0.15, -0.1) is 0 Å². The normalized spacial score (nSPS) is 10.3. The summed E-state index contributed by atoms with van der Waals surface area (Å²) in [6.45, 7) is 4.60. The number of benzene rings is 1. The van der Waals surface area contributed by atoms with Crippen molar-refractivity contribution in [3.05, 3.63) is 29.8 Å². The Hall–Kier alpha value is -1.75. The number of nitrogens with one attached hydrogen (secondary N) is 2. The first-order valence-electron chi connectivity index (χ1n) is 6.50. The summed E-state index contributed by atoms with van der Waals surface area (Å²) in [5, 5.41) is 5.61. The fourth-order valence-corrected chi connectivity index (χ4v) is 1.51. The molecule has 0 saturated carbocycles. The van der Waals surface area contributed by atoms with Crippen LogP contribution in [-0.2, 0) is 6.54 Å². The van der Waals surface area contributed by atoms with E-state index in [1.165, 1.54) is 0 Å². The van der Waals surface area contributed by atoms with Crippen molar-refractivity contribution in [1.82, 2.24) is 15.5 Å². The zero-order valence-electron chi connectivity index (χ0n) is 11.9. The molecule has 5 nitrogen and oxygen atoms in total. The molecule has 1 aromatic rings. The van der Waals surface area contributed by atoms with Gasteiger partial charge in [0.2, 0.25) is 0 Å². The van der Waals surface area contributed by atoms with Crippen molar-refractivity contribution >= 4 is 6.03 Å². The minimum absolute atomic E-state index is 0.143. The third-order valence-electron chi connectivity index (χ3n) is 2.53. The van der Waals surface area contributed by atoms with E-state index < -0.39 is 0 Å². The van der Waals surface area contributed by atoms with Crippen LogP contribution in [0.2, 0.25) is 0 Å². The number of hydrogen-bond acceptors (Lipinski definition) is 3. The molecule has 0 radical (unpaired) electrons. The highest BCUT2D eigenvalue weighted by atomic mass is 16.5. The maximum Gasteiger partial charge on any atom is 0.315 e. The summed E-state index contributed by atoms with van der Waals surface area (Å²) < 4.78 is 5.36. The molecule has 0 atom stereocenters. The third-order valence-corrected chi connectivity index (χ3v) is 2.53. The van der Waals surface area contributed by atoms with E-state index in [9.17, 15) is 4.79 Å². The number of amides is 2. The highest BCUT2D eigenvalue weighted by Crippen LogP contribution is 2.11. The van der Waals surface area contributed by atoms with Crippen LogP contribution in [-0.4, -0.2) is 44.7 Å². The summed E-state index contributed by atoms with van der Waals surface area (Å²) in [6, 6.07) is 7.57. The Morgan fingerprint density at radius 1 is 1.21 bits per heavy atom. The van der Waals surface area contributed by atoms with E-state index >= 15 is 0 Å². The van der Waals surface area contributed by atoms with Crippen molar-refractivity contribution in [2.24, 2.45) is 0 Å². The van der Waals surface area contributed by atoms with E-state index in [1.54, 1.807) is 0 Å². The number of urea groups is 1. The molecule has 19 heavy (non-hydrogen) atoms. The van der Waals surface area contributed by atoms with Crippen molar-refractivity contribution < 1.29 is 9.53 Å². The van der Waals surface area contributed by atoms with Gasteiger partial charge in [-0.1, -0.05) is 12.1 Å². The van der Waals surface area contributed by atoms with Crippen LogP contribution in [0.15, 0.2) is 24.3 Å². The molecule has 2 N–H and O–H groups in total. The second-order valence-electron chi connectivity index (χ2n) is 4.49. The second-order valence-corrected chi connectivity index (χ2v) is 4.49. The largest absolute Gasteiger partial charge is 0.494 e. The molecular weight excluding hydrogens is 242 g/mol. The number of hydrogen-bond donors (Lipinski definition) is 2. The van der Waals surface area contributed by atoms with E-state index in [2.05, 4.69) is 10.6 Å². The highest BCUT2D eigenvalue weighted by Gasteiger charge is 2.00.